The molecule has 0 fully saturated rings. The molecule has 0 aliphatic carbocycles. The quantitative estimate of drug-likeness (QED) is 0.673. The van der Waals surface area contributed by atoms with E-state index in [1.54, 1.807) is 6.20 Å². The second-order valence-corrected chi connectivity index (χ2v) is 9.74. The first-order valence-corrected chi connectivity index (χ1v) is 10.2. The van der Waals surface area contributed by atoms with E-state index in [0.29, 0.717) is 34.8 Å². The van der Waals surface area contributed by atoms with Crippen molar-refractivity contribution >= 4 is 22.4 Å². The molecule has 4 rings (SSSR count). The van der Waals surface area contributed by atoms with Gasteiger partial charge >= 0.3 is 0 Å². The van der Waals surface area contributed by atoms with Crippen LogP contribution < -0.4 is 9.46 Å². The van der Waals surface area contributed by atoms with Crippen molar-refractivity contribution in [3.05, 3.63) is 47.5 Å². The van der Waals surface area contributed by atoms with Crippen molar-refractivity contribution in [1.29, 1.82) is 0 Å². The van der Waals surface area contributed by atoms with Crippen molar-refractivity contribution in [2.75, 3.05) is 0 Å². The van der Waals surface area contributed by atoms with Crippen LogP contribution in [0.3, 0.4) is 0 Å². The van der Waals surface area contributed by atoms with Gasteiger partial charge in [0, 0.05) is 34.8 Å². The monoisotopic (exact) mass is 400 g/mol. The molecule has 1 unspecified atom stereocenters. The summed E-state index contributed by atoms with van der Waals surface area (Å²) in [6.45, 7) is 7.77. The number of nitrogens with one attached hydrogen (secondary N) is 1. The smallest absolute Gasteiger partial charge is 0.241 e. The molecule has 28 heavy (non-hydrogen) atoms. The lowest BCUT2D eigenvalue weighted by Crippen LogP contribution is -2.40. The second kappa shape index (κ2) is 6.95. The molecule has 1 N–H and O–H groups in total. The molecule has 0 amide bonds. The van der Waals surface area contributed by atoms with E-state index in [1.807, 2.05) is 39.8 Å². The van der Waals surface area contributed by atoms with Gasteiger partial charge in [-0.3, -0.25) is 4.98 Å². The summed E-state index contributed by atoms with van der Waals surface area (Å²) in [4.78, 5) is 13.6. The Hall–Kier alpha value is -2.29. The number of hydrogen-bond donors (Lipinski definition) is 1. The van der Waals surface area contributed by atoms with Gasteiger partial charge in [0.05, 0.1) is 22.8 Å². The Morgan fingerprint density at radius 3 is 2.82 bits per heavy atom. The maximum Gasteiger partial charge on any atom is 0.241 e. The Bertz CT molecular complexity index is 1050. The van der Waals surface area contributed by atoms with E-state index in [-0.39, 0.29) is 6.04 Å². The third-order valence-electron chi connectivity index (χ3n) is 4.53. The fourth-order valence-corrected chi connectivity index (χ4v) is 3.85. The van der Waals surface area contributed by atoms with Crippen LogP contribution in [0.4, 0.5) is 4.39 Å². The highest BCUT2D eigenvalue weighted by Crippen LogP contribution is 2.36. The molecule has 6 nitrogen and oxygen atoms in total. The van der Waals surface area contributed by atoms with Gasteiger partial charge in [0.1, 0.15) is 22.9 Å². The third-order valence-corrected chi connectivity index (χ3v) is 6.21. The zero-order valence-electron chi connectivity index (χ0n) is 16.1. The summed E-state index contributed by atoms with van der Waals surface area (Å²) in [5.74, 6) is -0.0277. The van der Waals surface area contributed by atoms with Crippen molar-refractivity contribution in [2.24, 2.45) is 0 Å². The van der Waals surface area contributed by atoms with Gasteiger partial charge in [0.2, 0.25) is 5.88 Å². The predicted octanol–water partition coefficient (Wildman–Crippen LogP) is 3.84. The van der Waals surface area contributed by atoms with Crippen molar-refractivity contribution in [3.63, 3.8) is 0 Å². The number of hydrogen-bond acceptors (Lipinski definition) is 6. The fourth-order valence-electron chi connectivity index (χ4n) is 3.05. The number of ether oxygens (including phenoxy) is 1. The fraction of sp³-hybridized carbons (Fsp3) is 0.350. The number of pyridine rings is 1. The van der Waals surface area contributed by atoms with Gasteiger partial charge in [-0.25, -0.2) is 14.4 Å². The minimum atomic E-state index is -1.31. The molecule has 1 aliphatic heterocycles. The summed E-state index contributed by atoms with van der Waals surface area (Å²) < 4.78 is 35.2. The molecule has 0 saturated heterocycles. The molecule has 2 atom stereocenters. The predicted molar refractivity (Wildman–Crippen MR) is 107 cm³/mol. The molecular weight excluding hydrogens is 379 g/mol. The summed E-state index contributed by atoms with van der Waals surface area (Å²) >= 11 is -1.31. The summed E-state index contributed by atoms with van der Waals surface area (Å²) in [5.41, 5.74) is 3.70. The van der Waals surface area contributed by atoms with Gasteiger partial charge in [-0.05, 0) is 45.9 Å². The van der Waals surface area contributed by atoms with Crippen LogP contribution in [-0.2, 0) is 18.0 Å². The zero-order valence-corrected chi connectivity index (χ0v) is 16.9. The molecular formula is C20H21FN4O2S. The van der Waals surface area contributed by atoms with E-state index in [9.17, 15) is 8.94 Å². The lowest BCUT2D eigenvalue weighted by molar-refractivity contribution is 0.285. The van der Waals surface area contributed by atoms with E-state index in [1.165, 1.54) is 12.1 Å². The van der Waals surface area contributed by atoms with Crippen LogP contribution in [0.1, 0.15) is 45.0 Å². The van der Waals surface area contributed by atoms with E-state index in [4.69, 9.17) is 4.74 Å². The summed E-state index contributed by atoms with van der Waals surface area (Å²) in [6, 6.07) is 6.10. The topological polar surface area (TPSA) is 83.0 Å². The highest BCUT2D eigenvalue weighted by Gasteiger charge is 2.30. The average Bonchev–Trinajstić information content (AvgIpc) is 2.65. The molecule has 3 heterocycles. The molecule has 0 bridgehead atoms. The Morgan fingerprint density at radius 1 is 1.29 bits per heavy atom. The molecule has 1 aromatic carbocycles. The van der Waals surface area contributed by atoms with Crippen LogP contribution in [0.15, 0.2) is 30.5 Å². The molecule has 0 spiro atoms. The maximum absolute atomic E-state index is 14.3. The van der Waals surface area contributed by atoms with E-state index in [0.717, 1.165) is 11.3 Å². The molecule has 2 aromatic heterocycles. The Labute approximate surface area is 165 Å². The van der Waals surface area contributed by atoms with Gasteiger partial charge in [-0.2, -0.15) is 0 Å². The normalized spacial score (nSPS) is 15.5. The SMILES string of the molecule is C[C@@H](N[S+]([O-])C(C)(C)C)c1cc(F)cc2nc3c(nc12)OCc1ncccc1-3. The first-order chi connectivity index (χ1) is 13.2. The van der Waals surface area contributed by atoms with Crippen molar-refractivity contribution in [3.8, 4) is 17.1 Å². The zero-order chi connectivity index (χ0) is 20.1. The van der Waals surface area contributed by atoms with Gasteiger partial charge < -0.3 is 9.29 Å². The van der Waals surface area contributed by atoms with Gasteiger partial charge in [-0.15, -0.1) is 4.72 Å². The molecule has 3 aromatic rings. The lowest BCUT2D eigenvalue weighted by Gasteiger charge is -2.27. The Balaban J connectivity index is 1.82. The van der Waals surface area contributed by atoms with Crippen LogP contribution in [0.5, 0.6) is 5.88 Å². The minimum Gasteiger partial charge on any atom is -0.598 e. The molecule has 8 heteroatoms. The van der Waals surface area contributed by atoms with E-state index in [2.05, 4.69) is 19.7 Å². The highest BCUT2D eigenvalue weighted by atomic mass is 32.2. The summed E-state index contributed by atoms with van der Waals surface area (Å²) in [6.07, 6.45) is 1.70. The standard InChI is InChI=1S/C20H21FN4O2S/c1-11(25-28(26)20(2,3)4)14-8-12(21)9-15-17(14)24-19-18(23-15)13-6-5-7-22-16(13)10-27-19/h5-9,11,25H,10H2,1-4H3/t11-,28?/m1/s1. The lowest BCUT2D eigenvalue weighted by atomic mass is 10.0. The van der Waals surface area contributed by atoms with Crippen LogP contribution in [0, 0.1) is 5.82 Å². The molecule has 0 saturated carbocycles. The number of nitrogens with zero attached hydrogens (tertiary/aromatic N) is 3. The van der Waals surface area contributed by atoms with Crippen molar-refractivity contribution < 1.29 is 13.7 Å². The van der Waals surface area contributed by atoms with Crippen molar-refractivity contribution in [2.45, 2.75) is 45.1 Å². The van der Waals surface area contributed by atoms with Crippen LogP contribution in [0.2, 0.25) is 0 Å². The van der Waals surface area contributed by atoms with Crippen molar-refractivity contribution in [1.82, 2.24) is 19.7 Å². The number of benzene rings is 1. The molecule has 146 valence electrons. The minimum absolute atomic E-state index is 0.307. The van der Waals surface area contributed by atoms with Crippen LogP contribution >= 0.6 is 0 Å². The average molecular weight is 400 g/mol. The summed E-state index contributed by atoms with van der Waals surface area (Å²) in [5, 5.41) is 0. The van der Waals surface area contributed by atoms with Gasteiger partial charge in [-0.1, -0.05) is 0 Å². The molecule has 0 radical (unpaired) electrons. The maximum atomic E-state index is 14.3. The molecule has 1 aliphatic rings. The first-order valence-electron chi connectivity index (χ1n) is 9.00. The van der Waals surface area contributed by atoms with E-state index < -0.39 is 21.9 Å². The highest BCUT2D eigenvalue weighted by molar-refractivity contribution is 7.90. The second-order valence-electron chi connectivity index (χ2n) is 7.75. The third kappa shape index (κ3) is 3.43. The van der Waals surface area contributed by atoms with Gasteiger partial charge in [0.15, 0.2) is 0 Å². The van der Waals surface area contributed by atoms with Crippen LogP contribution in [-0.4, -0.2) is 24.3 Å². The Kier molecular flexibility index (Phi) is 4.73. The van der Waals surface area contributed by atoms with Crippen LogP contribution in [0.25, 0.3) is 22.3 Å². The van der Waals surface area contributed by atoms with E-state index >= 15 is 0 Å². The number of fused-ring (bicyclic) bond motifs is 4. The number of rotatable bonds is 3. The Morgan fingerprint density at radius 2 is 2.07 bits per heavy atom. The summed E-state index contributed by atoms with van der Waals surface area (Å²) in [7, 11) is 0. The number of aromatic nitrogens is 3. The van der Waals surface area contributed by atoms with Gasteiger partial charge in [0.25, 0.3) is 0 Å². The first kappa shape index (κ1) is 19.0. The largest absolute Gasteiger partial charge is 0.598 e. The number of halogens is 1.